The number of sulfonamides is 1. The third-order valence-corrected chi connectivity index (χ3v) is 7.33. The van der Waals surface area contributed by atoms with Crippen LogP contribution in [0.5, 0.6) is 5.75 Å². The monoisotopic (exact) mass is 486 g/mol. The number of ether oxygens (including phenoxy) is 1. The Labute approximate surface area is 203 Å². The fourth-order valence-electron chi connectivity index (χ4n) is 4.37. The summed E-state index contributed by atoms with van der Waals surface area (Å²) in [5, 5.41) is 12.0. The molecule has 0 radical (unpaired) electrons. The minimum Gasteiger partial charge on any atom is -0.489 e. The van der Waals surface area contributed by atoms with Crippen molar-refractivity contribution >= 4 is 27.5 Å². The van der Waals surface area contributed by atoms with Crippen LogP contribution in [0.25, 0.3) is 0 Å². The van der Waals surface area contributed by atoms with E-state index in [1.807, 2.05) is 6.07 Å². The lowest BCUT2D eigenvalue weighted by Crippen LogP contribution is -2.43. The molecular weight excluding hydrogens is 464 g/mol. The average Bonchev–Trinajstić information content (AvgIpc) is 3.46. The highest BCUT2D eigenvalue weighted by atomic mass is 32.2. The number of fused-ring (bicyclic) bond motifs is 1. The van der Waals surface area contributed by atoms with Gasteiger partial charge in [0, 0.05) is 23.9 Å². The molecule has 2 aliphatic heterocycles. The van der Waals surface area contributed by atoms with E-state index in [4.69, 9.17) is 10.00 Å². The molecule has 3 aromatic carbocycles. The molecule has 35 heavy (non-hydrogen) atoms. The molecule has 0 aliphatic carbocycles. The summed E-state index contributed by atoms with van der Waals surface area (Å²) in [7, 11) is -3.76. The summed E-state index contributed by atoms with van der Waals surface area (Å²) in [6, 6.07) is 22.5. The SMILES string of the molecule is N#Cc1cccc(COc2cccc(NC(=O)[C@@H]3CCCN3C3=NS(=O)(=O)c4ccccc43)c2)c1. The second kappa shape index (κ2) is 9.24. The predicted molar refractivity (Wildman–Crippen MR) is 130 cm³/mol. The first-order valence-corrected chi connectivity index (χ1v) is 12.6. The summed E-state index contributed by atoms with van der Waals surface area (Å²) in [5.74, 6) is 0.675. The lowest BCUT2D eigenvalue weighted by Gasteiger charge is -2.25. The van der Waals surface area contributed by atoms with Gasteiger partial charge in [-0.3, -0.25) is 4.79 Å². The van der Waals surface area contributed by atoms with Gasteiger partial charge in [-0.2, -0.15) is 13.7 Å². The van der Waals surface area contributed by atoms with Gasteiger partial charge in [-0.25, -0.2) is 0 Å². The smallest absolute Gasteiger partial charge is 0.285 e. The maximum Gasteiger partial charge on any atom is 0.285 e. The van der Waals surface area contributed by atoms with Crippen molar-refractivity contribution in [3.8, 4) is 11.8 Å². The molecule has 1 amide bonds. The van der Waals surface area contributed by atoms with Crippen molar-refractivity contribution in [1.82, 2.24) is 4.90 Å². The zero-order valence-corrected chi connectivity index (χ0v) is 19.5. The van der Waals surface area contributed by atoms with Crippen LogP contribution in [0.1, 0.15) is 29.5 Å². The van der Waals surface area contributed by atoms with Gasteiger partial charge in [-0.05, 0) is 54.8 Å². The van der Waals surface area contributed by atoms with Gasteiger partial charge in [-0.15, -0.1) is 4.40 Å². The molecule has 0 spiro atoms. The van der Waals surface area contributed by atoms with E-state index >= 15 is 0 Å². The van der Waals surface area contributed by atoms with Crippen LogP contribution in [-0.2, 0) is 21.4 Å². The highest BCUT2D eigenvalue weighted by Gasteiger charge is 2.39. The van der Waals surface area contributed by atoms with Crippen LogP contribution in [0.15, 0.2) is 82.1 Å². The van der Waals surface area contributed by atoms with Crippen LogP contribution in [-0.4, -0.2) is 37.6 Å². The lowest BCUT2D eigenvalue weighted by atomic mass is 10.1. The van der Waals surface area contributed by atoms with Crippen LogP contribution in [0.4, 0.5) is 5.69 Å². The Morgan fingerprint density at radius 3 is 2.80 bits per heavy atom. The molecule has 1 N–H and O–H groups in total. The average molecular weight is 487 g/mol. The Morgan fingerprint density at radius 2 is 1.94 bits per heavy atom. The zero-order valence-electron chi connectivity index (χ0n) is 18.7. The summed E-state index contributed by atoms with van der Waals surface area (Å²) >= 11 is 0. The van der Waals surface area contributed by atoms with E-state index in [9.17, 15) is 13.2 Å². The first kappa shape index (κ1) is 22.6. The Kier molecular flexibility index (Phi) is 5.97. The molecule has 2 aliphatic rings. The number of carbonyl (C=O) groups is 1. The number of benzene rings is 3. The van der Waals surface area contributed by atoms with Crippen LogP contribution in [0, 0.1) is 11.3 Å². The van der Waals surface area contributed by atoms with Gasteiger partial charge in [-0.1, -0.05) is 30.3 Å². The summed E-state index contributed by atoms with van der Waals surface area (Å²) in [5.41, 5.74) is 2.54. The number of hydrogen-bond acceptors (Lipinski definition) is 6. The number of nitriles is 1. The first-order chi connectivity index (χ1) is 16.9. The number of hydrogen-bond donors (Lipinski definition) is 1. The molecule has 0 saturated carbocycles. The normalized spacial score (nSPS) is 17.9. The molecule has 8 nitrogen and oxygen atoms in total. The third-order valence-electron chi connectivity index (χ3n) is 6.00. The molecular formula is C26H22N4O4S. The van der Waals surface area contributed by atoms with E-state index in [-0.39, 0.29) is 17.4 Å². The van der Waals surface area contributed by atoms with Gasteiger partial charge in [0.1, 0.15) is 23.3 Å². The van der Waals surface area contributed by atoms with Crippen molar-refractivity contribution in [3.63, 3.8) is 0 Å². The summed E-state index contributed by atoms with van der Waals surface area (Å²) in [6.07, 6.45) is 1.35. The van der Waals surface area contributed by atoms with Crippen LogP contribution >= 0.6 is 0 Å². The number of likely N-dealkylation sites (tertiary alicyclic amines) is 1. The van der Waals surface area contributed by atoms with Crippen molar-refractivity contribution in [3.05, 3.63) is 89.5 Å². The van der Waals surface area contributed by atoms with Crippen LogP contribution < -0.4 is 10.1 Å². The standard InChI is InChI=1S/C26H22N4O4S/c27-16-18-6-3-7-19(14-18)17-34-21-9-4-8-20(15-21)28-26(31)23-11-5-13-30(23)25-22-10-1-2-12-24(22)35(32,33)29-25/h1-4,6-10,12,14-15,23H,5,11,13,17H2,(H,28,31)/t23-/m0/s1. The van der Waals surface area contributed by atoms with Gasteiger partial charge in [0.05, 0.1) is 11.6 Å². The number of amides is 1. The van der Waals surface area contributed by atoms with Gasteiger partial charge < -0.3 is 15.0 Å². The largest absolute Gasteiger partial charge is 0.489 e. The van der Waals surface area contributed by atoms with Gasteiger partial charge in [0.25, 0.3) is 10.0 Å². The fraction of sp³-hybridized carbons (Fsp3) is 0.192. The molecule has 0 bridgehead atoms. The Bertz CT molecular complexity index is 1480. The van der Waals surface area contributed by atoms with Crippen LogP contribution in [0.2, 0.25) is 0 Å². The highest BCUT2D eigenvalue weighted by Crippen LogP contribution is 2.31. The summed E-state index contributed by atoms with van der Waals surface area (Å²) < 4.78 is 34.8. The van der Waals surface area contributed by atoms with Gasteiger partial charge in [0.2, 0.25) is 5.91 Å². The fourth-order valence-corrected chi connectivity index (χ4v) is 5.59. The molecule has 5 rings (SSSR count). The second-order valence-corrected chi connectivity index (χ2v) is 9.93. The quantitative estimate of drug-likeness (QED) is 0.589. The van der Waals surface area contributed by atoms with E-state index < -0.39 is 16.1 Å². The lowest BCUT2D eigenvalue weighted by molar-refractivity contribution is -0.119. The summed E-state index contributed by atoms with van der Waals surface area (Å²) in [4.78, 5) is 15.1. The van der Waals surface area contributed by atoms with Gasteiger partial charge >= 0.3 is 0 Å². The molecule has 2 heterocycles. The molecule has 1 fully saturated rings. The topological polar surface area (TPSA) is 112 Å². The molecule has 9 heteroatoms. The first-order valence-electron chi connectivity index (χ1n) is 11.2. The molecule has 1 atom stereocenters. The molecule has 3 aromatic rings. The zero-order chi connectivity index (χ0) is 24.4. The second-order valence-electron chi connectivity index (χ2n) is 8.36. The van der Waals surface area contributed by atoms with E-state index in [0.29, 0.717) is 41.4 Å². The number of nitrogens with one attached hydrogen (secondary N) is 1. The number of anilines is 1. The number of carbonyl (C=O) groups excluding carboxylic acids is 1. The van der Waals surface area contributed by atoms with E-state index in [2.05, 4.69) is 15.8 Å². The van der Waals surface area contributed by atoms with Crippen molar-refractivity contribution < 1.29 is 17.9 Å². The highest BCUT2D eigenvalue weighted by molar-refractivity contribution is 7.90. The Balaban J connectivity index is 1.29. The molecule has 0 unspecified atom stereocenters. The molecule has 1 saturated heterocycles. The minimum atomic E-state index is -3.76. The summed E-state index contributed by atoms with van der Waals surface area (Å²) in [6.45, 7) is 0.836. The van der Waals surface area contributed by atoms with E-state index in [1.165, 1.54) is 6.07 Å². The van der Waals surface area contributed by atoms with E-state index in [0.717, 1.165) is 12.0 Å². The van der Waals surface area contributed by atoms with Gasteiger partial charge in [0.15, 0.2) is 5.84 Å². The number of rotatable bonds is 5. The van der Waals surface area contributed by atoms with Crippen molar-refractivity contribution in [2.75, 3.05) is 11.9 Å². The van der Waals surface area contributed by atoms with Crippen LogP contribution in [0.3, 0.4) is 0 Å². The number of amidine groups is 1. The number of nitrogens with zero attached hydrogens (tertiary/aromatic N) is 3. The Morgan fingerprint density at radius 1 is 1.11 bits per heavy atom. The third kappa shape index (κ3) is 4.61. The molecule has 176 valence electrons. The van der Waals surface area contributed by atoms with Crippen molar-refractivity contribution in [1.29, 1.82) is 5.26 Å². The maximum absolute atomic E-state index is 13.2. The maximum atomic E-state index is 13.2. The van der Waals surface area contributed by atoms with Crippen molar-refractivity contribution in [2.24, 2.45) is 4.40 Å². The molecule has 0 aromatic heterocycles. The van der Waals surface area contributed by atoms with E-state index in [1.54, 1.807) is 65.6 Å². The predicted octanol–water partition coefficient (Wildman–Crippen LogP) is 3.69. The minimum absolute atomic E-state index is 0.172. The van der Waals surface area contributed by atoms with Crippen molar-refractivity contribution in [2.45, 2.75) is 30.4 Å². The Hall–Kier alpha value is -4.16.